The highest BCUT2D eigenvalue weighted by atomic mass is 19.1. The zero-order valence-corrected chi connectivity index (χ0v) is 4.24. The zero-order valence-electron chi connectivity index (χ0n) is 4.24. The number of hydrogen-bond acceptors (Lipinski definition) is 1. The molecule has 1 N–H and O–H groups in total. The molecule has 1 nitrogen and oxygen atoms in total. The lowest BCUT2D eigenvalue weighted by atomic mass is 10.4. The molecule has 7 heavy (non-hydrogen) atoms. The molecule has 0 fully saturated rings. The Labute approximate surface area is 42.4 Å². The summed E-state index contributed by atoms with van der Waals surface area (Å²) in [6, 6.07) is 0. The number of allylic oxidation sites excluding steroid dienone is 2. The van der Waals surface area contributed by atoms with Crippen LogP contribution < -0.4 is 0 Å². The lowest BCUT2D eigenvalue weighted by Gasteiger charge is -1.81. The summed E-state index contributed by atoms with van der Waals surface area (Å²) in [4.78, 5) is 0. The van der Waals surface area contributed by atoms with Gasteiger partial charge in [0.25, 0.3) is 0 Å². The third-order valence-corrected chi connectivity index (χ3v) is 0.610. The lowest BCUT2D eigenvalue weighted by Crippen LogP contribution is -1.71. The van der Waals surface area contributed by atoms with E-state index in [2.05, 4.69) is 0 Å². The van der Waals surface area contributed by atoms with Crippen molar-refractivity contribution in [2.45, 2.75) is 13.3 Å². The van der Waals surface area contributed by atoms with Gasteiger partial charge in [0.15, 0.2) is 0 Å². The minimum absolute atomic E-state index is 0.135. The van der Waals surface area contributed by atoms with E-state index < -0.39 is 0 Å². The number of hydrogen-bond donors (Lipinski definition) is 1. The molecule has 0 radical (unpaired) electrons. The first kappa shape index (κ1) is 6.34. The van der Waals surface area contributed by atoms with Crippen molar-refractivity contribution >= 4 is 6.21 Å². The molecule has 0 heterocycles. The molecule has 0 saturated carbocycles. The van der Waals surface area contributed by atoms with Gasteiger partial charge in [-0.3, -0.25) is 0 Å². The van der Waals surface area contributed by atoms with E-state index >= 15 is 0 Å². The monoisotopic (exact) mass is 101 g/mol. The molecule has 0 aliphatic heterocycles. The Balaban J connectivity index is 3.36. The molecule has 0 spiro atoms. The van der Waals surface area contributed by atoms with Crippen molar-refractivity contribution in [3.05, 3.63) is 11.9 Å². The Hall–Kier alpha value is -0.660. The van der Waals surface area contributed by atoms with Gasteiger partial charge in [0.2, 0.25) is 0 Å². The van der Waals surface area contributed by atoms with Gasteiger partial charge in [-0.15, -0.1) is 0 Å². The summed E-state index contributed by atoms with van der Waals surface area (Å²) in [5, 5.41) is 6.43. The van der Waals surface area contributed by atoms with E-state index in [4.69, 9.17) is 5.41 Å². The minimum Gasteiger partial charge on any atom is -0.313 e. The predicted octanol–water partition coefficient (Wildman–Crippen LogP) is 1.90. The topological polar surface area (TPSA) is 23.9 Å². The van der Waals surface area contributed by atoms with Crippen molar-refractivity contribution < 1.29 is 4.39 Å². The van der Waals surface area contributed by atoms with E-state index in [1.54, 1.807) is 6.92 Å². The predicted molar refractivity (Wildman–Crippen MR) is 28.3 cm³/mol. The minimum atomic E-state index is -0.241. The summed E-state index contributed by atoms with van der Waals surface area (Å²) < 4.78 is 11.8. The number of nitrogens with one attached hydrogen (secondary N) is 1. The van der Waals surface area contributed by atoms with E-state index in [1.807, 2.05) is 0 Å². The Morgan fingerprint density at radius 1 is 1.86 bits per heavy atom. The summed E-state index contributed by atoms with van der Waals surface area (Å²) in [7, 11) is 0. The molecule has 0 rings (SSSR count). The van der Waals surface area contributed by atoms with Crippen molar-refractivity contribution in [3.63, 3.8) is 0 Å². The van der Waals surface area contributed by atoms with Gasteiger partial charge in [-0.25, -0.2) is 4.39 Å². The van der Waals surface area contributed by atoms with Crippen LogP contribution in [0.15, 0.2) is 11.9 Å². The summed E-state index contributed by atoms with van der Waals surface area (Å²) in [6.45, 7) is 1.61. The van der Waals surface area contributed by atoms with Gasteiger partial charge in [-0.2, -0.15) is 0 Å². The second kappa shape index (κ2) is 3.53. The van der Waals surface area contributed by atoms with Crippen LogP contribution in [0, 0.1) is 5.41 Å². The molecule has 0 aliphatic carbocycles. The Kier molecular flexibility index (Phi) is 3.19. The fourth-order valence-electron chi connectivity index (χ4n) is 0.215. The second-order valence-corrected chi connectivity index (χ2v) is 1.14. The highest BCUT2D eigenvalue weighted by Gasteiger charge is 1.83. The van der Waals surface area contributed by atoms with E-state index in [-0.39, 0.29) is 12.2 Å². The van der Waals surface area contributed by atoms with Crippen LogP contribution in [0.4, 0.5) is 4.39 Å². The molecule has 40 valence electrons. The van der Waals surface area contributed by atoms with E-state index in [0.717, 1.165) is 6.21 Å². The van der Waals surface area contributed by atoms with Crippen LogP contribution in [0.1, 0.15) is 13.3 Å². The van der Waals surface area contributed by atoms with Gasteiger partial charge < -0.3 is 5.41 Å². The van der Waals surface area contributed by atoms with Crippen LogP contribution in [0.3, 0.4) is 0 Å². The molecule has 0 amide bonds. The van der Waals surface area contributed by atoms with Gasteiger partial charge in [-0.05, 0) is 6.92 Å². The summed E-state index contributed by atoms with van der Waals surface area (Å²) in [5.74, 6) is -0.241. The Morgan fingerprint density at radius 2 is 2.43 bits per heavy atom. The highest BCUT2D eigenvalue weighted by molar-refractivity contribution is 5.56. The molecule has 2 heteroatoms. The van der Waals surface area contributed by atoms with Crippen LogP contribution in [-0.4, -0.2) is 6.21 Å². The maximum absolute atomic E-state index is 11.8. The molecular weight excluding hydrogens is 93.1 g/mol. The molecule has 0 atom stereocenters. The average molecular weight is 101 g/mol. The molecule has 0 saturated heterocycles. The lowest BCUT2D eigenvalue weighted by molar-refractivity contribution is 0.624. The highest BCUT2D eigenvalue weighted by Crippen LogP contribution is 1.97. The fraction of sp³-hybridized carbons (Fsp3) is 0.400. The van der Waals surface area contributed by atoms with E-state index in [9.17, 15) is 4.39 Å². The number of halogens is 1. The van der Waals surface area contributed by atoms with E-state index in [1.165, 1.54) is 6.08 Å². The Bertz CT molecular complexity index is 86.1. The maximum Gasteiger partial charge on any atom is 0.101 e. The van der Waals surface area contributed by atoms with E-state index in [0.29, 0.717) is 0 Å². The quantitative estimate of drug-likeness (QED) is 0.513. The molecule has 0 aromatic carbocycles. The smallest absolute Gasteiger partial charge is 0.101 e. The van der Waals surface area contributed by atoms with Crippen molar-refractivity contribution in [2.24, 2.45) is 0 Å². The van der Waals surface area contributed by atoms with Gasteiger partial charge in [0, 0.05) is 12.6 Å². The number of rotatable bonds is 2. The van der Waals surface area contributed by atoms with Crippen LogP contribution in [0.5, 0.6) is 0 Å². The van der Waals surface area contributed by atoms with Gasteiger partial charge in [0.1, 0.15) is 5.83 Å². The van der Waals surface area contributed by atoms with Gasteiger partial charge >= 0.3 is 0 Å². The molecular formula is C5H8FN. The molecule has 0 aliphatic rings. The van der Waals surface area contributed by atoms with Crippen molar-refractivity contribution in [2.75, 3.05) is 0 Å². The summed E-state index contributed by atoms with van der Waals surface area (Å²) in [6.07, 6.45) is 2.52. The third-order valence-electron chi connectivity index (χ3n) is 0.610. The van der Waals surface area contributed by atoms with Gasteiger partial charge in [0.05, 0.1) is 0 Å². The Morgan fingerprint density at radius 3 is 2.57 bits per heavy atom. The first-order valence-corrected chi connectivity index (χ1v) is 2.11. The molecule has 0 unspecified atom stereocenters. The zero-order chi connectivity index (χ0) is 5.70. The largest absolute Gasteiger partial charge is 0.313 e. The summed E-state index contributed by atoms with van der Waals surface area (Å²) in [5.41, 5.74) is 0. The van der Waals surface area contributed by atoms with Crippen LogP contribution in [0.2, 0.25) is 0 Å². The fourth-order valence-corrected chi connectivity index (χ4v) is 0.215. The van der Waals surface area contributed by atoms with Crippen molar-refractivity contribution in [1.29, 1.82) is 5.41 Å². The van der Waals surface area contributed by atoms with Crippen molar-refractivity contribution in [3.8, 4) is 0 Å². The second-order valence-electron chi connectivity index (χ2n) is 1.14. The van der Waals surface area contributed by atoms with Crippen LogP contribution >= 0.6 is 0 Å². The molecule has 0 aromatic heterocycles. The third kappa shape index (κ3) is 3.16. The SMILES string of the molecule is C/C=C(/F)CC=N. The first-order chi connectivity index (χ1) is 3.31. The molecule has 0 aromatic rings. The normalized spacial score (nSPS) is 11.4. The standard InChI is InChI=1S/C5H8FN/c1-2-5(6)3-4-7/h2,4,7H,3H2,1H3/b5-2+,7-4?. The molecule has 0 bridgehead atoms. The van der Waals surface area contributed by atoms with Gasteiger partial charge in [-0.1, -0.05) is 6.08 Å². The average Bonchev–Trinajstić information content (AvgIpc) is 1.68. The van der Waals surface area contributed by atoms with Crippen LogP contribution in [0.25, 0.3) is 0 Å². The first-order valence-electron chi connectivity index (χ1n) is 2.11. The van der Waals surface area contributed by atoms with Crippen LogP contribution in [-0.2, 0) is 0 Å². The maximum atomic E-state index is 11.8. The van der Waals surface area contributed by atoms with Crippen molar-refractivity contribution in [1.82, 2.24) is 0 Å². The summed E-state index contributed by atoms with van der Waals surface area (Å²) >= 11 is 0.